The predicted octanol–water partition coefficient (Wildman–Crippen LogP) is 3.39. The lowest BCUT2D eigenvalue weighted by molar-refractivity contribution is 0.686. The molecule has 0 radical (unpaired) electrons. The Morgan fingerprint density at radius 1 is 1.44 bits per heavy atom. The molecule has 1 fully saturated rings. The summed E-state index contributed by atoms with van der Waals surface area (Å²) in [5, 5.41) is 4.42. The van der Waals surface area contributed by atoms with Crippen molar-refractivity contribution < 1.29 is 0 Å². The van der Waals surface area contributed by atoms with Gasteiger partial charge in [-0.25, -0.2) is 0 Å². The molecule has 0 spiro atoms. The Hall–Kier alpha value is -0.380. The van der Waals surface area contributed by atoms with Gasteiger partial charge in [-0.2, -0.15) is 11.8 Å². The summed E-state index contributed by atoms with van der Waals surface area (Å²) >= 11 is 8.21. The lowest BCUT2D eigenvalue weighted by atomic mass is 10.1. The van der Waals surface area contributed by atoms with Gasteiger partial charge in [-0.1, -0.05) is 17.7 Å². The monoisotopic (exact) mass is 284 g/mol. The van der Waals surface area contributed by atoms with E-state index in [9.17, 15) is 0 Å². The number of nitrogens with zero attached hydrogens (tertiary/aromatic N) is 1. The van der Waals surface area contributed by atoms with E-state index >= 15 is 0 Å². The van der Waals surface area contributed by atoms with Crippen LogP contribution in [-0.2, 0) is 6.54 Å². The minimum absolute atomic E-state index is 0.714. The van der Waals surface area contributed by atoms with Crippen LogP contribution in [0.15, 0.2) is 18.2 Å². The van der Waals surface area contributed by atoms with Gasteiger partial charge in [-0.3, -0.25) is 0 Å². The van der Waals surface area contributed by atoms with Gasteiger partial charge in [0.05, 0.1) is 0 Å². The van der Waals surface area contributed by atoms with Crippen LogP contribution in [0.3, 0.4) is 0 Å². The van der Waals surface area contributed by atoms with E-state index in [-0.39, 0.29) is 0 Å². The van der Waals surface area contributed by atoms with Crippen LogP contribution in [0.5, 0.6) is 0 Å². The third kappa shape index (κ3) is 3.81. The molecule has 1 aliphatic rings. The quantitative estimate of drug-likeness (QED) is 0.826. The second kappa shape index (κ2) is 6.69. The maximum Gasteiger partial charge on any atom is 0.0471 e. The van der Waals surface area contributed by atoms with Crippen LogP contribution in [0.25, 0.3) is 0 Å². The summed E-state index contributed by atoms with van der Waals surface area (Å²) in [6.45, 7) is 1.93. The van der Waals surface area contributed by atoms with Crippen LogP contribution >= 0.6 is 23.4 Å². The molecule has 1 aromatic rings. The number of nitrogens with one attached hydrogen (secondary N) is 1. The number of anilines is 1. The van der Waals surface area contributed by atoms with Crippen LogP contribution in [0.4, 0.5) is 5.69 Å². The molecule has 2 rings (SSSR count). The highest BCUT2D eigenvalue weighted by Crippen LogP contribution is 2.28. The first-order valence-electron chi connectivity index (χ1n) is 6.43. The Bertz CT molecular complexity index is 393. The van der Waals surface area contributed by atoms with Crippen molar-refractivity contribution >= 4 is 29.1 Å². The zero-order valence-electron chi connectivity index (χ0n) is 11.1. The summed E-state index contributed by atoms with van der Waals surface area (Å²) in [7, 11) is 2.14. The molecule has 2 nitrogen and oxygen atoms in total. The topological polar surface area (TPSA) is 15.3 Å². The molecule has 4 heteroatoms. The maximum atomic E-state index is 6.34. The molecular formula is C14H21ClN2S. The highest BCUT2D eigenvalue weighted by Gasteiger charge is 2.21. The molecule has 1 saturated carbocycles. The lowest BCUT2D eigenvalue weighted by Gasteiger charge is -2.23. The SMILES string of the molecule is CSCCN(C)c1cccc(Cl)c1CNC1CC1. The van der Waals surface area contributed by atoms with Crippen LogP contribution < -0.4 is 10.2 Å². The molecule has 0 atom stereocenters. The van der Waals surface area contributed by atoms with Crippen LogP contribution in [0.2, 0.25) is 5.02 Å². The zero-order valence-corrected chi connectivity index (χ0v) is 12.7. The molecule has 1 aromatic carbocycles. The van der Waals surface area contributed by atoms with Gasteiger partial charge in [0.25, 0.3) is 0 Å². The third-order valence-electron chi connectivity index (χ3n) is 3.28. The average molecular weight is 285 g/mol. The van der Waals surface area contributed by atoms with E-state index in [0.29, 0.717) is 6.04 Å². The van der Waals surface area contributed by atoms with Gasteiger partial charge in [0, 0.05) is 48.2 Å². The molecule has 18 heavy (non-hydrogen) atoms. The van der Waals surface area contributed by atoms with Gasteiger partial charge >= 0.3 is 0 Å². The fourth-order valence-corrected chi connectivity index (χ4v) is 2.66. The minimum Gasteiger partial charge on any atom is -0.373 e. The molecule has 0 unspecified atom stereocenters. The highest BCUT2D eigenvalue weighted by atomic mass is 35.5. The molecular weight excluding hydrogens is 264 g/mol. The Balaban J connectivity index is 2.08. The molecule has 0 aliphatic heterocycles. The number of hydrogen-bond acceptors (Lipinski definition) is 3. The van der Waals surface area contributed by atoms with E-state index in [4.69, 9.17) is 11.6 Å². The Labute approximate surface area is 119 Å². The van der Waals surface area contributed by atoms with Crippen molar-refractivity contribution in [1.82, 2.24) is 5.32 Å². The first kappa shape index (κ1) is 14.0. The summed E-state index contributed by atoms with van der Waals surface area (Å²) in [4.78, 5) is 2.30. The van der Waals surface area contributed by atoms with E-state index in [1.807, 2.05) is 23.9 Å². The van der Waals surface area contributed by atoms with Gasteiger partial charge in [0.1, 0.15) is 0 Å². The fraction of sp³-hybridized carbons (Fsp3) is 0.571. The molecule has 0 bridgehead atoms. The van der Waals surface area contributed by atoms with E-state index in [1.165, 1.54) is 24.1 Å². The predicted molar refractivity (Wildman–Crippen MR) is 83.0 cm³/mol. The average Bonchev–Trinajstić information content (AvgIpc) is 3.18. The van der Waals surface area contributed by atoms with Crippen LogP contribution in [0.1, 0.15) is 18.4 Å². The van der Waals surface area contributed by atoms with Gasteiger partial charge in [-0.15, -0.1) is 0 Å². The first-order chi connectivity index (χ1) is 8.72. The van der Waals surface area contributed by atoms with Crippen LogP contribution in [-0.4, -0.2) is 31.6 Å². The molecule has 1 aliphatic carbocycles. The van der Waals surface area contributed by atoms with E-state index in [2.05, 4.69) is 29.6 Å². The number of halogens is 1. The fourth-order valence-electron chi connectivity index (χ4n) is 1.96. The second-order valence-corrected chi connectivity index (χ2v) is 6.20. The van der Waals surface area contributed by atoms with E-state index in [0.717, 1.165) is 23.9 Å². The van der Waals surface area contributed by atoms with Gasteiger partial charge in [0.15, 0.2) is 0 Å². The number of thioether (sulfide) groups is 1. The normalized spacial score (nSPS) is 14.8. The molecule has 0 heterocycles. The third-order valence-corrected chi connectivity index (χ3v) is 4.23. The maximum absolute atomic E-state index is 6.34. The smallest absolute Gasteiger partial charge is 0.0471 e. The van der Waals surface area contributed by atoms with Crippen molar-refractivity contribution in [2.75, 3.05) is 30.5 Å². The molecule has 0 saturated heterocycles. The molecule has 100 valence electrons. The molecule has 0 amide bonds. The van der Waals surface area contributed by atoms with Crippen molar-refractivity contribution in [3.8, 4) is 0 Å². The number of rotatable bonds is 7. The van der Waals surface area contributed by atoms with Gasteiger partial charge in [-0.05, 0) is 31.2 Å². The highest BCUT2D eigenvalue weighted by molar-refractivity contribution is 7.98. The van der Waals surface area contributed by atoms with Crippen molar-refractivity contribution in [3.63, 3.8) is 0 Å². The van der Waals surface area contributed by atoms with Gasteiger partial charge in [0.2, 0.25) is 0 Å². The van der Waals surface area contributed by atoms with Crippen LogP contribution in [0, 0.1) is 0 Å². The Morgan fingerprint density at radius 3 is 2.89 bits per heavy atom. The van der Waals surface area contributed by atoms with E-state index < -0.39 is 0 Å². The summed E-state index contributed by atoms with van der Waals surface area (Å²) in [6.07, 6.45) is 4.76. The second-order valence-electron chi connectivity index (χ2n) is 4.81. The van der Waals surface area contributed by atoms with Crippen molar-refractivity contribution in [2.24, 2.45) is 0 Å². The Morgan fingerprint density at radius 2 is 2.22 bits per heavy atom. The standard InChI is InChI=1S/C14H21ClN2S/c1-17(8-9-18-2)14-5-3-4-13(15)12(14)10-16-11-6-7-11/h3-5,11,16H,6-10H2,1-2H3. The zero-order chi connectivity index (χ0) is 13.0. The summed E-state index contributed by atoms with van der Waals surface area (Å²) in [5.74, 6) is 1.14. The Kier molecular flexibility index (Phi) is 5.22. The lowest BCUT2D eigenvalue weighted by Crippen LogP contribution is -2.24. The summed E-state index contributed by atoms with van der Waals surface area (Å²) in [6, 6.07) is 6.90. The number of benzene rings is 1. The molecule has 1 N–H and O–H groups in total. The number of hydrogen-bond donors (Lipinski definition) is 1. The molecule has 0 aromatic heterocycles. The van der Waals surface area contributed by atoms with Crippen molar-refractivity contribution in [1.29, 1.82) is 0 Å². The summed E-state index contributed by atoms with van der Waals surface area (Å²) in [5.41, 5.74) is 2.49. The summed E-state index contributed by atoms with van der Waals surface area (Å²) < 4.78 is 0. The van der Waals surface area contributed by atoms with Gasteiger partial charge < -0.3 is 10.2 Å². The van der Waals surface area contributed by atoms with Crippen molar-refractivity contribution in [3.05, 3.63) is 28.8 Å². The largest absolute Gasteiger partial charge is 0.373 e. The minimum atomic E-state index is 0.714. The van der Waals surface area contributed by atoms with Crippen molar-refractivity contribution in [2.45, 2.75) is 25.4 Å². The first-order valence-corrected chi connectivity index (χ1v) is 8.20. The van der Waals surface area contributed by atoms with E-state index in [1.54, 1.807) is 0 Å².